The second-order valence-electron chi connectivity index (χ2n) is 12.0. The van der Waals surface area contributed by atoms with E-state index in [0.717, 1.165) is 68.3 Å². The average Bonchev–Trinajstić information content (AvgIpc) is 3.68. The molecule has 1 saturated carbocycles. The fraction of sp³-hybridized carbons (Fsp3) is 0.500. The number of nitrogen functional groups attached to an aromatic ring is 1. The van der Waals surface area contributed by atoms with Crippen LogP contribution < -0.4 is 15.8 Å². The normalized spacial score (nSPS) is 22.1. The van der Waals surface area contributed by atoms with Crippen LogP contribution in [0.15, 0.2) is 18.2 Å². The summed E-state index contributed by atoms with van der Waals surface area (Å²) in [4.78, 5) is 15.2. The van der Waals surface area contributed by atoms with E-state index in [2.05, 4.69) is 25.2 Å². The number of rotatable bonds is 6. The van der Waals surface area contributed by atoms with Crippen molar-refractivity contribution in [3.8, 4) is 17.1 Å². The first kappa shape index (κ1) is 29.4. The highest BCUT2D eigenvalue weighted by Gasteiger charge is 2.45. The van der Waals surface area contributed by atoms with Crippen molar-refractivity contribution in [1.82, 2.24) is 19.9 Å². The van der Waals surface area contributed by atoms with Gasteiger partial charge in [0.1, 0.15) is 23.8 Å². The number of nitrogens with two attached hydrogens (primary N) is 1. The summed E-state index contributed by atoms with van der Waals surface area (Å²) in [6.07, 6.45) is 0.695. The first-order valence-corrected chi connectivity index (χ1v) is 15.6. The van der Waals surface area contributed by atoms with E-state index in [9.17, 15) is 22.7 Å². The Bertz CT molecular complexity index is 1730. The molecule has 0 unspecified atom stereocenters. The van der Waals surface area contributed by atoms with E-state index in [4.69, 9.17) is 10.5 Å². The minimum atomic E-state index is -4.98. The van der Waals surface area contributed by atoms with Gasteiger partial charge < -0.3 is 20.9 Å². The Morgan fingerprint density at radius 1 is 1.05 bits per heavy atom. The van der Waals surface area contributed by atoms with E-state index < -0.39 is 35.0 Å². The quantitative estimate of drug-likeness (QED) is 0.206. The molecule has 0 radical (unpaired) electrons. The molecule has 2 aromatic heterocycles. The number of aliphatic hydroxyl groups is 1. The Balaban J connectivity index is 1.40. The first-order valence-electron chi connectivity index (χ1n) is 14.8. The molecule has 1 aliphatic carbocycles. The topological polar surface area (TPSA) is 109 Å². The van der Waals surface area contributed by atoms with E-state index in [0.29, 0.717) is 25.7 Å². The van der Waals surface area contributed by atoms with Gasteiger partial charge in [-0.3, -0.25) is 4.90 Å². The van der Waals surface area contributed by atoms with E-state index in [-0.39, 0.29) is 61.8 Å². The largest absolute Gasteiger partial charge is 0.461 e. The molecule has 7 rings (SSSR count). The lowest BCUT2D eigenvalue weighted by Crippen LogP contribution is -2.43. The summed E-state index contributed by atoms with van der Waals surface area (Å²) in [5.74, 6) is -1.94. The second-order valence-corrected chi connectivity index (χ2v) is 13.1. The van der Waals surface area contributed by atoms with E-state index in [1.807, 2.05) is 0 Å². The molecule has 0 spiro atoms. The van der Waals surface area contributed by atoms with Crippen LogP contribution in [0.25, 0.3) is 32.2 Å². The van der Waals surface area contributed by atoms with Gasteiger partial charge in [-0.2, -0.15) is 23.1 Å². The summed E-state index contributed by atoms with van der Waals surface area (Å²) < 4.78 is 81.3. The van der Waals surface area contributed by atoms with Gasteiger partial charge in [-0.15, -0.1) is 0 Å². The lowest BCUT2D eigenvalue weighted by atomic mass is 9.92. The molecule has 44 heavy (non-hydrogen) atoms. The zero-order valence-electron chi connectivity index (χ0n) is 23.7. The maximum atomic E-state index is 16.7. The van der Waals surface area contributed by atoms with E-state index >= 15 is 4.39 Å². The van der Waals surface area contributed by atoms with Crippen molar-refractivity contribution >= 4 is 43.4 Å². The number of halogens is 5. The minimum absolute atomic E-state index is 0.0247. The number of anilines is 2. The van der Waals surface area contributed by atoms with Crippen LogP contribution in [0, 0.1) is 11.6 Å². The van der Waals surface area contributed by atoms with E-state index in [1.54, 1.807) is 0 Å². The molecule has 2 aliphatic heterocycles. The number of hydrogen-bond acceptors (Lipinski definition) is 9. The maximum absolute atomic E-state index is 16.7. The Hall–Kier alpha value is -3.36. The molecule has 0 amide bonds. The number of benzene rings is 2. The van der Waals surface area contributed by atoms with E-state index in [1.165, 1.54) is 0 Å². The number of ether oxygens (including phenoxy) is 1. The number of aromatic nitrogens is 3. The minimum Gasteiger partial charge on any atom is -0.461 e. The predicted octanol–water partition coefficient (Wildman–Crippen LogP) is 6.51. The lowest BCUT2D eigenvalue weighted by molar-refractivity contribution is -0.137. The summed E-state index contributed by atoms with van der Waals surface area (Å²) in [5.41, 5.74) is 2.77. The fourth-order valence-electron chi connectivity index (χ4n) is 7.13. The van der Waals surface area contributed by atoms with Crippen molar-refractivity contribution in [2.45, 2.75) is 75.2 Å². The number of aliphatic hydroxyl groups excluding tert-OH is 1. The molecule has 2 aromatic carbocycles. The Morgan fingerprint density at radius 2 is 1.77 bits per heavy atom. The Kier molecular flexibility index (Phi) is 7.28. The van der Waals surface area contributed by atoms with Gasteiger partial charge in [0, 0.05) is 22.6 Å². The first-order chi connectivity index (χ1) is 21.0. The SMILES string of the molecule is Nc1nc2c(-c3c(C(F)(F)F)cc4c(NC5CCC(O)CC5)nc(OCC56CCCN5CCC6)nc4c3F)ccc(F)c2s1. The van der Waals surface area contributed by atoms with Gasteiger partial charge in [-0.25, -0.2) is 13.8 Å². The van der Waals surface area contributed by atoms with Crippen molar-refractivity contribution < 1.29 is 31.8 Å². The van der Waals surface area contributed by atoms with Crippen molar-refractivity contribution in [2.75, 3.05) is 30.7 Å². The van der Waals surface area contributed by atoms with Crippen LogP contribution >= 0.6 is 11.3 Å². The van der Waals surface area contributed by atoms with Gasteiger partial charge in [0.2, 0.25) is 0 Å². The summed E-state index contributed by atoms with van der Waals surface area (Å²) in [5, 5.41) is 12.9. The van der Waals surface area contributed by atoms with Crippen molar-refractivity contribution in [3.05, 3.63) is 35.4 Å². The molecular formula is C30H31F5N6O2S. The molecule has 2 saturated heterocycles. The van der Waals surface area contributed by atoms with Crippen LogP contribution in [0.4, 0.5) is 32.9 Å². The highest BCUT2D eigenvalue weighted by atomic mass is 32.1. The highest BCUT2D eigenvalue weighted by molar-refractivity contribution is 7.22. The Morgan fingerprint density at radius 3 is 2.48 bits per heavy atom. The molecule has 4 N–H and O–H groups in total. The van der Waals surface area contributed by atoms with Gasteiger partial charge in [-0.1, -0.05) is 11.3 Å². The summed E-state index contributed by atoms with van der Waals surface area (Å²) in [6, 6.07) is 2.55. The van der Waals surface area contributed by atoms with Crippen LogP contribution in [-0.2, 0) is 6.18 Å². The van der Waals surface area contributed by atoms with Gasteiger partial charge in [0.15, 0.2) is 10.9 Å². The molecule has 3 aliphatic rings. The molecule has 0 atom stereocenters. The lowest BCUT2D eigenvalue weighted by Gasteiger charge is -2.31. The van der Waals surface area contributed by atoms with Gasteiger partial charge >= 0.3 is 12.2 Å². The molecule has 14 heteroatoms. The number of hydrogen-bond donors (Lipinski definition) is 3. The number of fused-ring (bicyclic) bond motifs is 3. The molecule has 8 nitrogen and oxygen atoms in total. The Labute approximate surface area is 253 Å². The molecule has 234 valence electrons. The second kappa shape index (κ2) is 10.9. The third kappa shape index (κ3) is 5.10. The fourth-order valence-corrected chi connectivity index (χ4v) is 7.90. The number of nitrogens with zero attached hydrogens (tertiary/aromatic N) is 4. The van der Waals surface area contributed by atoms with Gasteiger partial charge in [-0.05, 0) is 82.7 Å². The van der Waals surface area contributed by atoms with Crippen molar-refractivity contribution in [2.24, 2.45) is 0 Å². The molecule has 4 aromatic rings. The summed E-state index contributed by atoms with van der Waals surface area (Å²) in [7, 11) is 0. The third-order valence-electron chi connectivity index (χ3n) is 9.32. The number of alkyl halides is 3. The standard InChI is InChI=1S/C30H31F5N6O2S/c31-20-8-7-17(24-25(20)44-27(36)38-24)21-19(30(33,34)35)13-18-23(22(21)32)39-28(40-26(18)37-15-3-5-16(42)6-4-15)43-14-29-9-1-11-41(29)12-2-10-29/h7-8,13,15-16,42H,1-6,9-12,14H2,(H2,36,38)(H,37,39,40). The molecule has 4 heterocycles. The third-order valence-corrected chi connectivity index (χ3v) is 10.2. The van der Waals surface area contributed by atoms with Crippen LogP contribution in [0.1, 0.15) is 56.9 Å². The van der Waals surface area contributed by atoms with Gasteiger partial charge in [0.05, 0.1) is 27.4 Å². The van der Waals surface area contributed by atoms with Crippen LogP contribution in [0.5, 0.6) is 6.01 Å². The summed E-state index contributed by atoms with van der Waals surface area (Å²) in [6.45, 7) is 2.21. The van der Waals surface area contributed by atoms with Crippen molar-refractivity contribution in [1.29, 1.82) is 0 Å². The summed E-state index contributed by atoms with van der Waals surface area (Å²) >= 11 is 0.771. The van der Waals surface area contributed by atoms with Crippen LogP contribution in [0.2, 0.25) is 0 Å². The number of nitrogens with one attached hydrogen (secondary N) is 1. The molecular weight excluding hydrogens is 603 g/mol. The maximum Gasteiger partial charge on any atom is 0.417 e. The van der Waals surface area contributed by atoms with Gasteiger partial charge in [0.25, 0.3) is 0 Å². The zero-order valence-corrected chi connectivity index (χ0v) is 24.5. The van der Waals surface area contributed by atoms with Crippen LogP contribution in [-0.4, -0.2) is 62.3 Å². The highest BCUT2D eigenvalue weighted by Crippen LogP contribution is 2.46. The zero-order chi connectivity index (χ0) is 30.8. The smallest absolute Gasteiger partial charge is 0.417 e. The van der Waals surface area contributed by atoms with Crippen molar-refractivity contribution in [3.63, 3.8) is 0 Å². The monoisotopic (exact) mass is 634 g/mol. The average molecular weight is 635 g/mol. The predicted molar refractivity (Wildman–Crippen MR) is 158 cm³/mol. The molecule has 0 bridgehead atoms. The van der Waals surface area contributed by atoms with Crippen LogP contribution in [0.3, 0.4) is 0 Å². The molecule has 3 fully saturated rings. The number of thiazole rings is 1.